The summed E-state index contributed by atoms with van der Waals surface area (Å²) in [5.41, 5.74) is 1.02. The van der Waals surface area contributed by atoms with E-state index in [2.05, 4.69) is 65.5 Å². The van der Waals surface area contributed by atoms with Crippen LogP contribution in [0.3, 0.4) is 0 Å². The van der Waals surface area contributed by atoms with Crippen molar-refractivity contribution in [2.45, 2.75) is 59.4 Å². The van der Waals surface area contributed by atoms with E-state index >= 15 is 0 Å². The van der Waals surface area contributed by atoms with Crippen LogP contribution in [0.15, 0.2) is 30.3 Å². The number of benzene rings is 1. The summed E-state index contributed by atoms with van der Waals surface area (Å²) in [5, 5.41) is 2.35. The van der Waals surface area contributed by atoms with Gasteiger partial charge in [-0.05, 0) is 45.2 Å². The maximum atomic E-state index is 13.3. The molecule has 0 unspecified atom stereocenters. The first kappa shape index (κ1) is 16.8. The second-order valence-electron chi connectivity index (χ2n) is 7.55. The first-order chi connectivity index (χ1) is 10.1. The molecule has 3 nitrogen and oxygen atoms in total. The Labute approximate surface area is 134 Å². The van der Waals surface area contributed by atoms with Crippen LogP contribution in [-0.4, -0.2) is 35.7 Å². The van der Waals surface area contributed by atoms with Gasteiger partial charge in [0.15, 0.2) is 0 Å². The minimum absolute atomic E-state index is 0.101. The molecule has 0 spiro atoms. The Morgan fingerprint density at radius 2 is 1.59 bits per heavy atom. The predicted molar refractivity (Wildman–Crippen MR) is 97.8 cm³/mol. The molecule has 0 bridgehead atoms. The van der Waals surface area contributed by atoms with E-state index < -0.39 is 8.07 Å². The zero-order valence-corrected chi connectivity index (χ0v) is 15.8. The Hall–Kier alpha value is -1.55. The van der Waals surface area contributed by atoms with Gasteiger partial charge in [-0.25, -0.2) is 4.79 Å². The molecule has 1 aromatic carbocycles. The highest BCUT2D eigenvalue weighted by molar-refractivity contribution is 6.88. The summed E-state index contributed by atoms with van der Waals surface area (Å²) in [6.07, 6.45) is 0. The Balaban J connectivity index is 2.69. The molecule has 1 heterocycles. The van der Waals surface area contributed by atoms with Crippen molar-refractivity contribution >= 4 is 30.3 Å². The standard InChI is InChI=1S/C18H28N2OSi/c1-13(2)19(14(3)4)18(21)20-16-11-9-8-10-15(16)12-17(20)22(5,6)7/h8-14H,1-7H3. The van der Waals surface area contributed by atoms with Gasteiger partial charge in [-0.2, -0.15) is 0 Å². The van der Waals surface area contributed by atoms with Crippen LogP contribution in [0.1, 0.15) is 27.7 Å². The van der Waals surface area contributed by atoms with Crippen LogP contribution in [0.2, 0.25) is 19.6 Å². The highest BCUT2D eigenvalue weighted by Gasteiger charge is 2.30. The van der Waals surface area contributed by atoms with Crippen LogP contribution in [0.5, 0.6) is 0 Å². The Morgan fingerprint density at radius 1 is 1.05 bits per heavy atom. The number of fused-ring (bicyclic) bond motifs is 1. The summed E-state index contributed by atoms with van der Waals surface area (Å²) in [4.78, 5) is 15.2. The van der Waals surface area contributed by atoms with Gasteiger partial charge in [0.05, 0.1) is 13.6 Å². The van der Waals surface area contributed by atoms with E-state index in [-0.39, 0.29) is 18.1 Å². The van der Waals surface area contributed by atoms with E-state index in [1.807, 2.05) is 21.6 Å². The fraction of sp³-hybridized carbons (Fsp3) is 0.500. The van der Waals surface area contributed by atoms with E-state index in [9.17, 15) is 4.79 Å². The molecule has 2 rings (SSSR count). The van der Waals surface area contributed by atoms with Gasteiger partial charge in [-0.1, -0.05) is 37.8 Å². The molecule has 2 aromatic rings. The summed E-state index contributed by atoms with van der Waals surface area (Å²) in [6, 6.07) is 10.9. The topological polar surface area (TPSA) is 25.2 Å². The monoisotopic (exact) mass is 316 g/mol. The maximum Gasteiger partial charge on any atom is 0.328 e. The summed E-state index contributed by atoms with van der Waals surface area (Å²) < 4.78 is 1.96. The molecule has 0 fully saturated rings. The van der Waals surface area contributed by atoms with Gasteiger partial charge >= 0.3 is 6.03 Å². The van der Waals surface area contributed by atoms with Crippen molar-refractivity contribution in [3.63, 3.8) is 0 Å². The number of aromatic nitrogens is 1. The summed E-state index contributed by atoms with van der Waals surface area (Å²) in [5.74, 6) is 0. The lowest BCUT2D eigenvalue weighted by molar-refractivity contribution is 0.168. The van der Waals surface area contributed by atoms with Crippen molar-refractivity contribution < 1.29 is 4.79 Å². The normalized spacial score (nSPS) is 12.4. The van der Waals surface area contributed by atoms with Crippen molar-refractivity contribution in [3.05, 3.63) is 30.3 Å². The number of hydrogen-bond donors (Lipinski definition) is 0. The molecule has 0 atom stereocenters. The second kappa shape index (κ2) is 5.92. The van der Waals surface area contributed by atoms with Crippen LogP contribution >= 0.6 is 0 Å². The molecule has 0 N–H and O–H groups in total. The number of hydrogen-bond acceptors (Lipinski definition) is 1. The molecule has 0 saturated carbocycles. The average Bonchev–Trinajstić information content (AvgIpc) is 2.76. The molecule has 0 aliphatic heterocycles. The third-order valence-electron chi connectivity index (χ3n) is 4.00. The lowest BCUT2D eigenvalue weighted by Crippen LogP contribution is -2.51. The van der Waals surface area contributed by atoms with E-state index in [0.717, 1.165) is 10.9 Å². The first-order valence-electron chi connectivity index (χ1n) is 8.08. The molecular formula is C18H28N2OSi. The Kier molecular flexibility index (Phi) is 4.52. The molecule has 0 saturated heterocycles. The van der Waals surface area contributed by atoms with Gasteiger partial charge in [0.25, 0.3) is 0 Å². The number of nitrogens with zero attached hydrogens (tertiary/aromatic N) is 2. The van der Waals surface area contributed by atoms with Gasteiger partial charge in [0.1, 0.15) is 0 Å². The molecular weight excluding hydrogens is 288 g/mol. The van der Waals surface area contributed by atoms with Crippen LogP contribution in [0.4, 0.5) is 4.79 Å². The number of rotatable bonds is 3. The van der Waals surface area contributed by atoms with Gasteiger partial charge in [-0.3, -0.25) is 4.57 Å². The first-order valence-corrected chi connectivity index (χ1v) is 11.6. The Bertz CT molecular complexity index is 672. The molecule has 1 aromatic heterocycles. The van der Waals surface area contributed by atoms with Gasteiger partial charge in [0, 0.05) is 17.4 Å². The number of para-hydroxylation sites is 1. The maximum absolute atomic E-state index is 13.3. The minimum atomic E-state index is -1.62. The highest BCUT2D eigenvalue weighted by Crippen LogP contribution is 2.20. The molecule has 0 radical (unpaired) electrons. The van der Waals surface area contributed by atoms with Crippen LogP contribution < -0.4 is 5.32 Å². The Morgan fingerprint density at radius 3 is 2.09 bits per heavy atom. The fourth-order valence-electron chi connectivity index (χ4n) is 3.07. The lowest BCUT2D eigenvalue weighted by atomic mass is 10.2. The number of carbonyl (C=O) groups excluding carboxylic acids is 1. The zero-order valence-electron chi connectivity index (χ0n) is 14.8. The molecule has 0 aliphatic carbocycles. The van der Waals surface area contributed by atoms with E-state index in [1.165, 1.54) is 5.32 Å². The van der Waals surface area contributed by atoms with Crippen molar-refractivity contribution in [1.82, 2.24) is 9.47 Å². The average molecular weight is 317 g/mol. The molecule has 120 valence electrons. The largest absolute Gasteiger partial charge is 0.328 e. The van der Waals surface area contributed by atoms with E-state index in [1.54, 1.807) is 0 Å². The minimum Gasteiger partial charge on any atom is -0.319 e. The zero-order chi connectivity index (χ0) is 16.7. The fourth-order valence-corrected chi connectivity index (χ4v) is 4.54. The quantitative estimate of drug-likeness (QED) is 0.776. The van der Waals surface area contributed by atoms with Crippen LogP contribution in [-0.2, 0) is 0 Å². The van der Waals surface area contributed by atoms with Crippen molar-refractivity contribution in [2.75, 3.05) is 0 Å². The SMILES string of the molecule is CC(C)N(C(=O)n1c([Si](C)(C)C)cc2ccccc21)C(C)C. The van der Waals surface area contributed by atoms with Crippen molar-refractivity contribution in [1.29, 1.82) is 0 Å². The van der Waals surface area contributed by atoms with Crippen molar-refractivity contribution in [2.24, 2.45) is 0 Å². The summed E-state index contributed by atoms with van der Waals surface area (Å²) in [6.45, 7) is 15.2. The van der Waals surface area contributed by atoms with Gasteiger partial charge < -0.3 is 4.90 Å². The lowest BCUT2D eigenvalue weighted by Gasteiger charge is -2.32. The summed E-state index contributed by atoms with van der Waals surface area (Å²) in [7, 11) is -1.62. The highest BCUT2D eigenvalue weighted by atomic mass is 28.3. The third kappa shape index (κ3) is 2.97. The van der Waals surface area contributed by atoms with Crippen LogP contribution in [0, 0.1) is 0 Å². The molecule has 4 heteroatoms. The van der Waals surface area contributed by atoms with Crippen LogP contribution in [0.25, 0.3) is 10.9 Å². The summed E-state index contributed by atoms with van der Waals surface area (Å²) >= 11 is 0. The third-order valence-corrected chi connectivity index (χ3v) is 5.91. The molecule has 0 aliphatic rings. The predicted octanol–water partition coefficient (Wildman–Crippen LogP) is 4.27. The van der Waals surface area contributed by atoms with Gasteiger partial charge in [0.2, 0.25) is 0 Å². The number of carbonyl (C=O) groups is 1. The second-order valence-corrected chi connectivity index (χ2v) is 12.6. The number of amides is 1. The molecule has 1 amide bonds. The van der Waals surface area contributed by atoms with E-state index in [0.29, 0.717) is 0 Å². The van der Waals surface area contributed by atoms with Gasteiger partial charge in [-0.15, -0.1) is 0 Å². The molecule has 22 heavy (non-hydrogen) atoms. The van der Waals surface area contributed by atoms with Crippen molar-refractivity contribution in [3.8, 4) is 0 Å². The smallest absolute Gasteiger partial charge is 0.319 e. The van der Waals surface area contributed by atoms with E-state index in [4.69, 9.17) is 0 Å².